The topological polar surface area (TPSA) is 20.2 Å². The molecule has 0 aromatic rings. The van der Waals surface area contributed by atoms with Crippen LogP contribution >= 0.6 is 0 Å². The molecule has 3 aliphatic rings. The molecule has 3 saturated carbocycles. The summed E-state index contributed by atoms with van der Waals surface area (Å²) in [4.78, 5) is 0. The Bertz CT molecular complexity index is 265. The first-order chi connectivity index (χ1) is 8.67. The van der Waals surface area contributed by atoms with Crippen molar-refractivity contribution in [3.63, 3.8) is 0 Å². The van der Waals surface area contributed by atoms with Gasteiger partial charge in [0.25, 0.3) is 0 Å². The monoisotopic (exact) mass is 250 g/mol. The minimum absolute atomic E-state index is 0.253. The van der Waals surface area contributed by atoms with E-state index in [-0.39, 0.29) is 5.60 Å². The van der Waals surface area contributed by atoms with Crippen LogP contribution < -0.4 is 0 Å². The lowest BCUT2D eigenvalue weighted by Gasteiger charge is -2.47. The smallest absolute Gasteiger partial charge is 0.0676 e. The molecule has 0 atom stereocenters. The summed E-state index contributed by atoms with van der Waals surface area (Å²) in [5.41, 5.74) is -0.253. The molecule has 0 radical (unpaired) electrons. The SMILES string of the molecule is CC1CCC(C2CCC(O)(C3CCC3)CC2)CC1. The van der Waals surface area contributed by atoms with Crippen LogP contribution in [0.15, 0.2) is 0 Å². The summed E-state index contributed by atoms with van der Waals surface area (Å²) in [5, 5.41) is 10.7. The Morgan fingerprint density at radius 2 is 1.33 bits per heavy atom. The third kappa shape index (κ3) is 2.48. The van der Waals surface area contributed by atoms with Gasteiger partial charge in [-0.3, -0.25) is 0 Å². The van der Waals surface area contributed by atoms with Crippen molar-refractivity contribution in [2.24, 2.45) is 23.7 Å². The lowest BCUT2D eigenvalue weighted by atomic mass is 9.62. The van der Waals surface area contributed by atoms with Crippen LogP contribution in [-0.2, 0) is 0 Å². The average Bonchev–Trinajstić information content (AvgIpc) is 2.29. The normalized spacial score (nSPS) is 46.7. The highest BCUT2D eigenvalue weighted by molar-refractivity contribution is 4.95. The molecule has 3 rings (SSSR count). The summed E-state index contributed by atoms with van der Waals surface area (Å²) in [6, 6.07) is 0. The molecule has 0 saturated heterocycles. The summed E-state index contributed by atoms with van der Waals surface area (Å²) in [6.45, 7) is 2.41. The van der Waals surface area contributed by atoms with Crippen LogP contribution in [0.25, 0.3) is 0 Å². The molecule has 0 aliphatic heterocycles. The van der Waals surface area contributed by atoms with E-state index in [4.69, 9.17) is 0 Å². The van der Waals surface area contributed by atoms with Crippen LogP contribution in [0.3, 0.4) is 0 Å². The van der Waals surface area contributed by atoms with Crippen molar-refractivity contribution < 1.29 is 5.11 Å². The van der Waals surface area contributed by atoms with Gasteiger partial charge in [0.05, 0.1) is 5.60 Å². The van der Waals surface area contributed by atoms with Gasteiger partial charge < -0.3 is 5.11 Å². The van der Waals surface area contributed by atoms with Gasteiger partial charge >= 0.3 is 0 Å². The molecule has 0 amide bonds. The van der Waals surface area contributed by atoms with Crippen molar-refractivity contribution in [3.8, 4) is 0 Å². The van der Waals surface area contributed by atoms with Gasteiger partial charge in [0.2, 0.25) is 0 Å². The average molecular weight is 250 g/mol. The molecule has 0 bridgehead atoms. The molecular weight excluding hydrogens is 220 g/mol. The fourth-order valence-electron chi connectivity index (χ4n) is 4.72. The first-order valence-electron chi connectivity index (χ1n) is 8.40. The quantitative estimate of drug-likeness (QED) is 0.763. The maximum Gasteiger partial charge on any atom is 0.0676 e. The molecule has 18 heavy (non-hydrogen) atoms. The highest BCUT2D eigenvalue weighted by atomic mass is 16.3. The summed E-state index contributed by atoms with van der Waals surface area (Å²) >= 11 is 0. The predicted octanol–water partition coefficient (Wildman–Crippen LogP) is 4.53. The van der Waals surface area contributed by atoms with Gasteiger partial charge in [0.1, 0.15) is 0 Å². The molecule has 0 spiro atoms. The second kappa shape index (κ2) is 5.15. The fourth-order valence-corrected chi connectivity index (χ4v) is 4.72. The van der Waals surface area contributed by atoms with E-state index >= 15 is 0 Å². The van der Waals surface area contributed by atoms with Crippen LogP contribution in [0.5, 0.6) is 0 Å². The molecule has 1 nitrogen and oxygen atoms in total. The molecule has 3 fully saturated rings. The summed E-state index contributed by atoms with van der Waals surface area (Å²) < 4.78 is 0. The molecule has 0 aromatic carbocycles. The van der Waals surface area contributed by atoms with Crippen LogP contribution in [-0.4, -0.2) is 10.7 Å². The van der Waals surface area contributed by atoms with Gasteiger partial charge in [-0.2, -0.15) is 0 Å². The van der Waals surface area contributed by atoms with Crippen LogP contribution in [0.2, 0.25) is 0 Å². The number of aliphatic hydroxyl groups is 1. The number of rotatable bonds is 2. The lowest BCUT2D eigenvalue weighted by Crippen LogP contribution is -2.45. The molecule has 0 aromatic heterocycles. The van der Waals surface area contributed by atoms with Crippen LogP contribution in [0.4, 0.5) is 0 Å². The van der Waals surface area contributed by atoms with Crippen molar-refractivity contribution >= 4 is 0 Å². The van der Waals surface area contributed by atoms with Crippen molar-refractivity contribution in [3.05, 3.63) is 0 Å². The van der Waals surface area contributed by atoms with Gasteiger partial charge in [-0.1, -0.05) is 26.2 Å². The highest BCUT2D eigenvalue weighted by Crippen LogP contribution is 2.48. The maximum atomic E-state index is 10.7. The van der Waals surface area contributed by atoms with Gasteiger partial charge in [-0.15, -0.1) is 0 Å². The maximum absolute atomic E-state index is 10.7. The Hall–Kier alpha value is -0.0400. The standard InChI is InChI=1S/C17H30O/c1-13-5-7-14(8-6-13)15-9-11-17(18,12-10-15)16-3-2-4-16/h13-16,18H,2-12H2,1H3. The van der Waals surface area contributed by atoms with Gasteiger partial charge in [-0.05, 0) is 75.0 Å². The minimum atomic E-state index is -0.253. The molecule has 1 N–H and O–H groups in total. The van der Waals surface area contributed by atoms with E-state index in [1.54, 1.807) is 0 Å². The Kier molecular flexibility index (Phi) is 3.71. The van der Waals surface area contributed by atoms with E-state index in [0.717, 1.165) is 30.6 Å². The molecular formula is C17H30O. The number of hydrogen-bond acceptors (Lipinski definition) is 1. The Morgan fingerprint density at radius 3 is 1.83 bits per heavy atom. The third-order valence-corrected chi connectivity index (χ3v) is 6.49. The fraction of sp³-hybridized carbons (Fsp3) is 1.00. The largest absolute Gasteiger partial charge is 0.390 e. The third-order valence-electron chi connectivity index (χ3n) is 6.49. The van der Waals surface area contributed by atoms with E-state index in [1.165, 1.54) is 57.8 Å². The second-order valence-electron chi connectivity index (χ2n) is 7.59. The predicted molar refractivity (Wildman–Crippen MR) is 75.4 cm³/mol. The van der Waals surface area contributed by atoms with E-state index in [2.05, 4.69) is 6.92 Å². The second-order valence-corrected chi connectivity index (χ2v) is 7.59. The zero-order valence-corrected chi connectivity index (χ0v) is 12.0. The number of hydrogen-bond donors (Lipinski definition) is 1. The van der Waals surface area contributed by atoms with Gasteiger partial charge in [0.15, 0.2) is 0 Å². The van der Waals surface area contributed by atoms with Crippen molar-refractivity contribution in [1.29, 1.82) is 0 Å². The Morgan fingerprint density at radius 1 is 0.778 bits per heavy atom. The van der Waals surface area contributed by atoms with E-state index in [1.807, 2.05) is 0 Å². The van der Waals surface area contributed by atoms with Gasteiger partial charge in [-0.25, -0.2) is 0 Å². The minimum Gasteiger partial charge on any atom is -0.390 e. The molecule has 3 aliphatic carbocycles. The van der Waals surface area contributed by atoms with Crippen molar-refractivity contribution in [1.82, 2.24) is 0 Å². The van der Waals surface area contributed by atoms with Crippen molar-refractivity contribution in [2.45, 2.75) is 83.2 Å². The summed E-state index contributed by atoms with van der Waals surface area (Å²) in [6.07, 6.45) is 14.6. The van der Waals surface area contributed by atoms with E-state index in [0.29, 0.717) is 5.92 Å². The zero-order valence-electron chi connectivity index (χ0n) is 12.0. The van der Waals surface area contributed by atoms with E-state index in [9.17, 15) is 5.11 Å². The van der Waals surface area contributed by atoms with Crippen molar-refractivity contribution in [2.75, 3.05) is 0 Å². The van der Waals surface area contributed by atoms with Crippen LogP contribution in [0.1, 0.15) is 77.6 Å². The molecule has 0 unspecified atom stereocenters. The summed E-state index contributed by atoms with van der Waals surface area (Å²) in [7, 11) is 0. The Labute approximate surface area is 112 Å². The first kappa shape index (κ1) is 13.0. The highest BCUT2D eigenvalue weighted by Gasteiger charge is 2.43. The molecule has 1 heteroatoms. The Balaban J connectivity index is 1.50. The van der Waals surface area contributed by atoms with Crippen LogP contribution in [0, 0.1) is 23.7 Å². The first-order valence-corrected chi connectivity index (χ1v) is 8.40. The molecule has 104 valence electrons. The van der Waals surface area contributed by atoms with Gasteiger partial charge in [0, 0.05) is 0 Å². The zero-order chi connectivity index (χ0) is 12.6. The van der Waals surface area contributed by atoms with E-state index < -0.39 is 0 Å². The lowest BCUT2D eigenvalue weighted by molar-refractivity contribution is -0.0907. The molecule has 0 heterocycles. The summed E-state index contributed by atoms with van der Waals surface area (Å²) in [5.74, 6) is 3.56.